The summed E-state index contributed by atoms with van der Waals surface area (Å²) in [6, 6.07) is 6.30. The van der Waals surface area contributed by atoms with E-state index in [1.165, 1.54) is 12.1 Å². The molecule has 0 saturated carbocycles. The fraction of sp³-hybridized carbons (Fsp3) is 0.333. The maximum atomic E-state index is 10.9. The highest BCUT2D eigenvalue weighted by Crippen LogP contribution is 2.34. The maximum absolute atomic E-state index is 10.9. The van der Waals surface area contributed by atoms with Gasteiger partial charge in [0.1, 0.15) is 0 Å². The summed E-state index contributed by atoms with van der Waals surface area (Å²) >= 11 is 0. The molecule has 5 heteroatoms. The molecule has 0 heterocycles. The van der Waals surface area contributed by atoms with Gasteiger partial charge in [0.2, 0.25) is 0 Å². The quantitative estimate of drug-likeness (QED) is 0.812. The van der Waals surface area contributed by atoms with Gasteiger partial charge in [0.25, 0.3) is 0 Å². The minimum atomic E-state index is -4.14. The summed E-state index contributed by atoms with van der Waals surface area (Å²) in [5.41, 5.74) is 0.478. The molecule has 0 aliphatic rings. The molecule has 0 aliphatic carbocycles. The van der Waals surface area contributed by atoms with Crippen molar-refractivity contribution in [3.8, 4) is 0 Å². The van der Waals surface area contributed by atoms with Gasteiger partial charge in [-0.1, -0.05) is 30.9 Å². The lowest BCUT2D eigenvalue weighted by Crippen LogP contribution is -2.06. The first kappa shape index (κ1) is 16.1. The lowest BCUT2D eigenvalue weighted by molar-refractivity contribution is 0.162. The Morgan fingerprint density at radius 2 is 1.82 bits per heavy atom. The van der Waals surface area contributed by atoms with E-state index in [0.717, 1.165) is 13.2 Å². The van der Waals surface area contributed by atoms with Crippen LogP contribution in [0.5, 0.6) is 0 Å². The average molecular weight is 258 g/mol. The van der Waals surface area contributed by atoms with Crippen molar-refractivity contribution in [3.05, 3.63) is 36.4 Å². The van der Waals surface area contributed by atoms with Crippen molar-refractivity contribution < 1.29 is 19.1 Å². The van der Waals surface area contributed by atoms with E-state index in [-0.39, 0.29) is 5.30 Å². The van der Waals surface area contributed by atoms with E-state index in [9.17, 15) is 4.57 Å². The normalized spacial score (nSPS) is 10.4. The topological polar surface area (TPSA) is 66.8 Å². The number of rotatable bonds is 4. The molecule has 2 N–H and O–H groups in total. The van der Waals surface area contributed by atoms with Gasteiger partial charge < -0.3 is 14.5 Å². The SMILES string of the molecule is C=Cc1ccccc1P(=O)(O)O.CCOCC. The zero-order chi connectivity index (χ0) is 13.3. The molecule has 96 valence electrons. The second-order valence-electron chi connectivity index (χ2n) is 3.09. The van der Waals surface area contributed by atoms with Crippen molar-refractivity contribution in [1.82, 2.24) is 0 Å². The molecule has 0 radical (unpaired) electrons. The lowest BCUT2D eigenvalue weighted by Gasteiger charge is -2.06. The third kappa shape index (κ3) is 6.39. The van der Waals surface area contributed by atoms with Gasteiger partial charge in [0, 0.05) is 13.2 Å². The van der Waals surface area contributed by atoms with Gasteiger partial charge in [-0.2, -0.15) is 0 Å². The molecule has 4 nitrogen and oxygen atoms in total. The van der Waals surface area contributed by atoms with Crippen LogP contribution in [0, 0.1) is 0 Å². The number of ether oxygens (including phenoxy) is 1. The predicted molar refractivity (Wildman–Crippen MR) is 70.4 cm³/mol. The minimum Gasteiger partial charge on any atom is -0.382 e. The Hall–Kier alpha value is -0.930. The fourth-order valence-electron chi connectivity index (χ4n) is 1.13. The van der Waals surface area contributed by atoms with Crippen molar-refractivity contribution in [2.75, 3.05) is 13.2 Å². The molecular formula is C12H19O4P. The van der Waals surface area contributed by atoms with Crippen LogP contribution in [-0.4, -0.2) is 23.0 Å². The highest BCUT2D eigenvalue weighted by molar-refractivity contribution is 7.60. The van der Waals surface area contributed by atoms with Crippen molar-refractivity contribution in [2.24, 2.45) is 0 Å². The van der Waals surface area contributed by atoms with E-state index >= 15 is 0 Å². The molecule has 0 saturated heterocycles. The largest absolute Gasteiger partial charge is 0.382 e. The third-order valence-electron chi connectivity index (χ3n) is 1.88. The molecule has 0 unspecified atom stereocenters. The Labute approximate surface area is 102 Å². The van der Waals surface area contributed by atoms with Crippen molar-refractivity contribution in [3.63, 3.8) is 0 Å². The molecule has 0 amide bonds. The maximum Gasteiger partial charge on any atom is 0.356 e. The van der Waals surface area contributed by atoms with Crippen molar-refractivity contribution >= 4 is 19.0 Å². The Morgan fingerprint density at radius 3 is 2.12 bits per heavy atom. The highest BCUT2D eigenvalue weighted by Gasteiger charge is 2.18. The van der Waals surface area contributed by atoms with Crippen LogP contribution in [0.2, 0.25) is 0 Å². The van der Waals surface area contributed by atoms with Crippen LogP contribution < -0.4 is 5.30 Å². The fourth-order valence-corrected chi connectivity index (χ4v) is 1.91. The van der Waals surface area contributed by atoms with Gasteiger partial charge in [-0.3, -0.25) is 4.57 Å². The monoisotopic (exact) mass is 258 g/mol. The average Bonchev–Trinajstić information content (AvgIpc) is 2.30. The lowest BCUT2D eigenvalue weighted by atomic mass is 10.2. The van der Waals surface area contributed by atoms with E-state index in [4.69, 9.17) is 14.5 Å². The molecule has 0 bridgehead atoms. The number of benzene rings is 1. The summed E-state index contributed by atoms with van der Waals surface area (Å²) in [7, 11) is -4.14. The van der Waals surface area contributed by atoms with E-state index in [1.807, 2.05) is 13.8 Å². The second-order valence-corrected chi connectivity index (χ2v) is 4.66. The van der Waals surface area contributed by atoms with Gasteiger partial charge in [-0.25, -0.2) is 0 Å². The molecule has 1 aromatic carbocycles. The Kier molecular flexibility index (Phi) is 7.75. The van der Waals surface area contributed by atoms with E-state index in [1.54, 1.807) is 18.2 Å². The van der Waals surface area contributed by atoms with Gasteiger partial charge in [-0.05, 0) is 25.5 Å². The van der Waals surface area contributed by atoms with Crippen LogP contribution in [0.1, 0.15) is 19.4 Å². The van der Waals surface area contributed by atoms with Gasteiger partial charge in [-0.15, -0.1) is 0 Å². The summed E-state index contributed by atoms with van der Waals surface area (Å²) in [6.45, 7) is 9.13. The number of hydrogen-bond acceptors (Lipinski definition) is 2. The Morgan fingerprint density at radius 1 is 1.29 bits per heavy atom. The van der Waals surface area contributed by atoms with Crippen LogP contribution in [0.4, 0.5) is 0 Å². The molecule has 0 atom stereocenters. The molecular weight excluding hydrogens is 239 g/mol. The standard InChI is InChI=1S/C8H9O3P.C4H10O/c1-2-7-5-3-4-6-8(7)12(9,10)11;1-3-5-4-2/h2-6H,1H2,(H2,9,10,11);3-4H2,1-2H3. The van der Waals surface area contributed by atoms with Crippen molar-refractivity contribution in [2.45, 2.75) is 13.8 Å². The smallest absolute Gasteiger partial charge is 0.356 e. The van der Waals surface area contributed by atoms with Gasteiger partial charge in [0.05, 0.1) is 5.30 Å². The van der Waals surface area contributed by atoms with E-state index in [0.29, 0.717) is 5.56 Å². The summed E-state index contributed by atoms with van der Waals surface area (Å²) in [6.07, 6.45) is 1.43. The third-order valence-corrected chi connectivity index (χ3v) is 2.91. The predicted octanol–water partition coefficient (Wildman–Crippen LogP) is 2.18. The van der Waals surface area contributed by atoms with E-state index < -0.39 is 7.60 Å². The molecule has 17 heavy (non-hydrogen) atoms. The molecule has 0 spiro atoms. The summed E-state index contributed by atoms with van der Waals surface area (Å²) in [5.74, 6) is 0. The Balaban J connectivity index is 0.000000437. The summed E-state index contributed by atoms with van der Waals surface area (Å²) < 4.78 is 15.7. The van der Waals surface area contributed by atoms with Crippen molar-refractivity contribution in [1.29, 1.82) is 0 Å². The van der Waals surface area contributed by atoms with Gasteiger partial charge >= 0.3 is 7.60 Å². The minimum absolute atomic E-state index is 0.0278. The van der Waals surface area contributed by atoms with Crippen LogP contribution in [0.15, 0.2) is 30.8 Å². The molecule has 0 fully saturated rings. The second kappa shape index (κ2) is 8.20. The molecule has 1 rings (SSSR count). The first-order chi connectivity index (χ1) is 7.97. The van der Waals surface area contributed by atoms with Crippen LogP contribution >= 0.6 is 7.60 Å². The number of hydrogen-bond donors (Lipinski definition) is 2. The molecule has 0 aliphatic heterocycles. The zero-order valence-electron chi connectivity index (χ0n) is 10.2. The Bertz CT molecular complexity index is 382. The van der Waals surface area contributed by atoms with Crippen LogP contribution in [0.3, 0.4) is 0 Å². The van der Waals surface area contributed by atoms with E-state index in [2.05, 4.69) is 6.58 Å². The zero-order valence-corrected chi connectivity index (χ0v) is 11.1. The van der Waals surface area contributed by atoms with Gasteiger partial charge in [0.15, 0.2) is 0 Å². The summed E-state index contributed by atoms with van der Waals surface area (Å²) in [5, 5.41) is 0.0278. The first-order valence-electron chi connectivity index (χ1n) is 5.32. The summed E-state index contributed by atoms with van der Waals surface area (Å²) in [4.78, 5) is 17.7. The van der Waals surface area contributed by atoms with Crippen LogP contribution in [-0.2, 0) is 9.30 Å². The molecule has 0 aromatic heterocycles. The van der Waals surface area contributed by atoms with Crippen LogP contribution in [0.25, 0.3) is 6.08 Å². The highest BCUT2D eigenvalue weighted by atomic mass is 31.2. The molecule has 1 aromatic rings. The first-order valence-corrected chi connectivity index (χ1v) is 6.93.